The number of esters is 1. The molecule has 0 N–H and O–H groups in total. The predicted octanol–water partition coefficient (Wildman–Crippen LogP) is 2.89. The topological polar surface area (TPSA) is 83.0 Å². The highest BCUT2D eigenvalue weighted by atomic mass is 32.2. The number of benzene rings is 1. The van der Waals surface area contributed by atoms with Crippen LogP contribution in [0.2, 0.25) is 0 Å². The van der Waals surface area contributed by atoms with Gasteiger partial charge in [0.25, 0.3) is 11.1 Å². The van der Waals surface area contributed by atoms with Crippen molar-refractivity contribution in [1.82, 2.24) is 20.0 Å². The van der Waals surface area contributed by atoms with Gasteiger partial charge in [-0.15, -0.1) is 10.2 Å². The summed E-state index contributed by atoms with van der Waals surface area (Å²) in [5.41, 5.74) is 2.61. The van der Waals surface area contributed by atoms with E-state index in [1.807, 2.05) is 41.9 Å². The van der Waals surface area contributed by atoms with Gasteiger partial charge >= 0.3 is 5.97 Å². The number of carbonyl (C=O) groups excluding carboxylic acids is 1. The largest absolute Gasteiger partial charge is 0.465 e. The molecular weight excluding hydrogens is 328 g/mol. The van der Waals surface area contributed by atoms with E-state index in [4.69, 9.17) is 9.15 Å². The quantitative estimate of drug-likeness (QED) is 0.502. The zero-order chi connectivity index (χ0) is 16.9. The van der Waals surface area contributed by atoms with Crippen LogP contribution in [0, 0.1) is 6.92 Å². The molecule has 124 valence electrons. The molecule has 0 bridgehead atoms. The molecule has 0 amide bonds. The third kappa shape index (κ3) is 3.48. The predicted molar refractivity (Wildman–Crippen MR) is 89.0 cm³/mol. The van der Waals surface area contributed by atoms with Crippen molar-refractivity contribution in [2.24, 2.45) is 0 Å². The maximum atomic E-state index is 11.4. The van der Waals surface area contributed by atoms with Crippen LogP contribution in [0.1, 0.15) is 12.6 Å². The third-order valence-electron chi connectivity index (χ3n) is 3.27. The Hall–Kier alpha value is -2.61. The number of nitrogens with zero attached hydrogens (tertiary/aromatic N) is 4. The van der Waals surface area contributed by atoms with Crippen molar-refractivity contribution in [3.05, 3.63) is 42.2 Å². The Morgan fingerprint density at radius 1 is 1.29 bits per heavy atom. The molecule has 0 unspecified atom stereocenters. The first-order chi connectivity index (χ1) is 11.7. The Labute approximate surface area is 143 Å². The zero-order valence-electron chi connectivity index (χ0n) is 13.3. The van der Waals surface area contributed by atoms with Gasteiger partial charge in [0.15, 0.2) is 0 Å². The smallest absolute Gasteiger partial charge is 0.316 e. The zero-order valence-corrected chi connectivity index (χ0v) is 14.1. The highest BCUT2D eigenvalue weighted by molar-refractivity contribution is 7.99. The summed E-state index contributed by atoms with van der Waals surface area (Å²) in [5.74, 6) is 0.203. The molecule has 2 heterocycles. The number of thioether (sulfide) groups is 1. The summed E-state index contributed by atoms with van der Waals surface area (Å²) in [6.07, 6.45) is 1.69. The average molecular weight is 344 g/mol. The number of para-hydroxylation sites is 1. The Morgan fingerprint density at radius 3 is 2.83 bits per heavy atom. The number of hydrogen-bond acceptors (Lipinski definition) is 7. The summed E-state index contributed by atoms with van der Waals surface area (Å²) < 4.78 is 12.3. The second-order valence-corrected chi connectivity index (χ2v) is 5.78. The minimum absolute atomic E-state index is 0.137. The first-order valence-corrected chi connectivity index (χ1v) is 8.40. The van der Waals surface area contributed by atoms with Crippen LogP contribution in [-0.4, -0.2) is 38.3 Å². The molecule has 3 rings (SSSR count). The molecule has 0 radical (unpaired) electrons. The first-order valence-electron chi connectivity index (χ1n) is 7.41. The van der Waals surface area contributed by atoms with Crippen molar-refractivity contribution in [3.63, 3.8) is 0 Å². The number of carbonyl (C=O) groups is 1. The monoisotopic (exact) mass is 344 g/mol. The molecule has 1 aromatic carbocycles. The van der Waals surface area contributed by atoms with Gasteiger partial charge in [-0.3, -0.25) is 4.79 Å². The SMILES string of the molecule is CCOC(=O)CSc1nnc(-c2cnn(-c3ccccc3)c2C)o1. The Bertz CT molecular complexity index is 829. The molecule has 2 aromatic heterocycles. The van der Waals surface area contributed by atoms with Gasteiger partial charge in [-0.25, -0.2) is 4.68 Å². The van der Waals surface area contributed by atoms with Gasteiger partial charge in [0.2, 0.25) is 0 Å². The van der Waals surface area contributed by atoms with E-state index in [-0.39, 0.29) is 11.7 Å². The maximum absolute atomic E-state index is 11.4. The van der Waals surface area contributed by atoms with Gasteiger partial charge in [-0.2, -0.15) is 5.10 Å². The van der Waals surface area contributed by atoms with E-state index in [2.05, 4.69) is 15.3 Å². The number of aromatic nitrogens is 4. The van der Waals surface area contributed by atoms with E-state index in [1.165, 1.54) is 0 Å². The number of ether oxygens (including phenoxy) is 1. The van der Waals surface area contributed by atoms with E-state index in [0.717, 1.165) is 28.7 Å². The van der Waals surface area contributed by atoms with Crippen molar-refractivity contribution >= 4 is 17.7 Å². The van der Waals surface area contributed by atoms with Crippen molar-refractivity contribution in [1.29, 1.82) is 0 Å². The fourth-order valence-electron chi connectivity index (χ4n) is 2.15. The standard InChI is InChI=1S/C16H16N4O3S/c1-3-22-14(21)10-24-16-19-18-15(23-16)13-9-17-20(11(13)2)12-7-5-4-6-8-12/h4-9H,3,10H2,1-2H3. The third-order valence-corrected chi connectivity index (χ3v) is 4.06. The summed E-state index contributed by atoms with van der Waals surface area (Å²) in [6.45, 7) is 4.05. The molecule has 0 spiro atoms. The molecule has 0 atom stereocenters. The van der Waals surface area contributed by atoms with Crippen LogP contribution in [0.4, 0.5) is 0 Å². The van der Waals surface area contributed by atoms with Crippen LogP contribution in [0.25, 0.3) is 17.1 Å². The van der Waals surface area contributed by atoms with Crippen LogP contribution < -0.4 is 0 Å². The molecule has 0 saturated carbocycles. The van der Waals surface area contributed by atoms with Crippen LogP contribution in [-0.2, 0) is 9.53 Å². The fraction of sp³-hybridized carbons (Fsp3) is 0.250. The molecule has 3 aromatic rings. The van der Waals surface area contributed by atoms with Gasteiger partial charge in [-0.1, -0.05) is 30.0 Å². The van der Waals surface area contributed by atoms with E-state index in [0.29, 0.717) is 17.7 Å². The molecule has 24 heavy (non-hydrogen) atoms. The van der Waals surface area contributed by atoms with Crippen molar-refractivity contribution in [2.45, 2.75) is 19.1 Å². The maximum Gasteiger partial charge on any atom is 0.316 e. The van der Waals surface area contributed by atoms with Gasteiger partial charge in [0, 0.05) is 0 Å². The Kier molecular flexibility index (Phi) is 4.95. The molecule has 0 saturated heterocycles. The first kappa shape index (κ1) is 16.3. The van der Waals surface area contributed by atoms with E-state index in [9.17, 15) is 4.79 Å². The van der Waals surface area contributed by atoms with Gasteiger partial charge in [0.1, 0.15) is 5.75 Å². The lowest BCUT2D eigenvalue weighted by molar-refractivity contribution is -0.139. The fourth-order valence-corrected chi connectivity index (χ4v) is 2.71. The van der Waals surface area contributed by atoms with Gasteiger partial charge in [0.05, 0.1) is 29.7 Å². The summed E-state index contributed by atoms with van der Waals surface area (Å²) in [6, 6.07) is 9.80. The second kappa shape index (κ2) is 7.31. The van der Waals surface area contributed by atoms with Crippen LogP contribution in [0.5, 0.6) is 0 Å². The highest BCUT2D eigenvalue weighted by Gasteiger charge is 2.17. The Morgan fingerprint density at radius 2 is 2.08 bits per heavy atom. The van der Waals surface area contributed by atoms with E-state index < -0.39 is 0 Å². The lowest BCUT2D eigenvalue weighted by Crippen LogP contribution is -2.06. The average Bonchev–Trinajstić information content (AvgIpc) is 3.20. The van der Waals surface area contributed by atoms with Crippen molar-refractivity contribution in [3.8, 4) is 17.1 Å². The van der Waals surface area contributed by atoms with E-state index in [1.54, 1.807) is 13.1 Å². The molecule has 8 heteroatoms. The molecule has 0 aliphatic carbocycles. The summed E-state index contributed by atoms with van der Waals surface area (Å²) in [4.78, 5) is 11.4. The van der Waals surface area contributed by atoms with Crippen molar-refractivity contribution < 1.29 is 13.9 Å². The molecule has 0 aliphatic heterocycles. The molecule has 0 fully saturated rings. The minimum Gasteiger partial charge on any atom is -0.465 e. The van der Waals surface area contributed by atoms with Crippen LogP contribution in [0.15, 0.2) is 46.2 Å². The van der Waals surface area contributed by atoms with Gasteiger partial charge in [-0.05, 0) is 26.0 Å². The summed E-state index contributed by atoms with van der Waals surface area (Å²) in [7, 11) is 0. The lowest BCUT2D eigenvalue weighted by atomic mass is 10.2. The van der Waals surface area contributed by atoms with Crippen LogP contribution >= 0.6 is 11.8 Å². The Balaban J connectivity index is 1.76. The minimum atomic E-state index is -0.310. The lowest BCUT2D eigenvalue weighted by Gasteiger charge is -2.03. The summed E-state index contributed by atoms with van der Waals surface area (Å²) >= 11 is 1.15. The molecular formula is C16H16N4O3S. The van der Waals surface area contributed by atoms with E-state index >= 15 is 0 Å². The summed E-state index contributed by atoms with van der Waals surface area (Å²) in [5, 5.41) is 12.7. The normalized spacial score (nSPS) is 10.8. The molecule has 7 nitrogen and oxygen atoms in total. The highest BCUT2D eigenvalue weighted by Crippen LogP contribution is 2.26. The van der Waals surface area contributed by atoms with Crippen LogP contribution in [0.3, 0.4) is 0 Å². The molecule has 0 aliphatic rings. The van der Waals surface area contributed by atoms with Gasteiger partial charge < -0.3 is 9.15 Å². The van der Waals surface area contributed by atoms with Crippen molar-refractivity contribution in [2.75, 3.05) is 12.4 Å². The number of rotatable bonds is 6. The number of hydrogen-bond donors (Lipinski definition) is 0. The second-order valence-electron chi connectivity index (χ2n) is 4.86.